The summed E-state index contributed by atoms with van der Waals surface area (Å²) in [5, 5.41) is 0.105. The van der Waals surface area contributed by atoms with Gasteiger partial charge in [0.2, 0.25) is 0 Å². The zero-order valence-electron chi connectivity index (χ0n) is 13.2. The molecule has 1 heterocycles. The van der Waals surface area contributed by atoms with Crippen LogP contribution in [0.2, 0.25) is 5.02 Å². The van der Waals surface area contributed by atoms with E-state index < -0.39 is 5.82 Å². The zero-order valence-corrected chi connectivity index (χ0v) is 14.0. The highest BCUT2D eigenvalue weighted by atomic mass is 35.5. The van der Waals surface area contributed by atoms with Gasteiger partial charge in [-0.3, -0.25) is 4.79 Å². The summed E-state index contributed by atoms with van der Waals surface area (Å²) >= 11 is 6.01. The Morgan fingerprint density at radius 1 is 1.25 bits per heavy atom. The van der Waals surface area contributed by atoms with Crippen molar-refractivity contribution in [2.75, 3.05) is 19.8 Å². The maximum atomic E-state index is 13.2. The van der Waals surface area contributed by atoms with Crippen LogP contribution >= 0.6 is 11.6 Å². The summed E-state index contributed by atoms with van der Waals surface area (Å²) in [7, 11) is 0. The molecule has 2 aromatic rings. The number of rotatable bonds is 4. The quantitative estimate of drug-likeness (QED) is 0.840. The fourth-order valence-electron chi connectivity index (χ4n) is 2.62. The molecule has 1 amide bonds. The number of halogens is 2. The second kappa shape index (κ2) is 7.09. The van der Waals surface area contributed by atoms with Crippen LogP contribution in [0, 0.1) is 5.82 Å². The average molecular weight is 350 g/mol. The van der Waals surface area contributed by atoms with E-state index >= 15 is 0 Å². The smallest absolute Gasteiger partial charge is 0.255 e. The lowest BCUT2D eigenvalue weighted by Gasteiger charge is -2.25. The molecule has 126 valence electrons. The van der Waals surface area contributed by atoms with Gasteiger partial charge in [-0.2, -0.15) is 0 Å². The van der Waals surface area contributed by atoms with Crippen molar-refractivity contribution < 1.29 is 18.7 Å². The molecule has 24 heavy (non-hydrogen) atoms. The molecule has 6 heteroatoms. The third kappa shape index (κ3) is 3.31. The van der Waals surface area contributed by atoms with E-state index in [0.29, 0.717) is 37.8 Å². The molecule has 1 aliphatic heterocycles. The summed E-state index contributed by atoms with van der Waals surface area (Å²) in [6, 6.07) is 9.38. The predicted octanol–water partition coefficient (Wildman–Crippen LogP) is 3.91. The molecular formula is C18H17ClFNO3. The molecule has 2 aromatic carbocycles. The van der Waals surface area contributed by atoms with Crippen molar-refractivity contribution in [1.29, 1.82) is 0 Å². The molecule has 0 radical (unpaired) electrons. The van der Waals surface area contributed by atoms with Crippen LogP contribution in [-0.2, 0) is 6.54 Å². The van der Waals surface area contributed by atoms with Gasteiger partial charge in [-0.25, -0.2) is 4.39 Å². The Balaban J connectivity index is 1.86. The number of benzene rings is 2. The van der Waals surface area contributed by atoms with E-state index in [9.17, 15) is 9.18 Å². The molecule has 0 bridgehead atoms. The highest BCUT2D eigenvalue weighted by Gasteiger charge is 2.22. The highest BCUT2D eigenvalue weighted by molar-refractivity contribution is 6.33. The van der Waals surface area contributed by atoms with Gasteiger partial charge < -0.3 is 14.4 Å². The van der Waals surface area contributed by atoms with E-state index in [4.69, 9.17) is 21.1 Å². The van der Waals surface area contributed by atoms with Crippen molar-refractivity contribution in [3.63, 3.8) is 0 Å². The summed E-state index contributed by atoms with van der Waals surface area (Å²) in [6.45, 7) is 3.71. The number of carbonyl (C=O) groups is 1. The third-order valence-electron chi connectivity index (χ3n) is 3.84. The largest absolute Gasteiger partial charge is 0.486 e. The standard InChI is InChI=1S/C18H17ClFNO3/c1-2-21(18(22)14-7-6-13(20)10-15(14)19)11-12-4-3-5-16-17(12)24-9-8-23-16/h3-7,10H,2,8-9,11H2,1H3. The van der Waals surface area contributed by atoms with Crippen LogP contribution < -0.4 is 9.47 Å². The van der Waals surface area contributed by atoms with Gasteiger partial charge in [0, 0.05) is 18.7 Å². The van der Waals surface area contributed by atoms with E-state index in [2.05, 4.69) is 0 Å². The van der Waals surface area contributed by atoms with Crippen LogP contribution in [0.5, 0.6) is 11.5 Å². The van der Waals surface area contributed by atoms with Gasteiger partial charge in [0.1, 0.15) is 19.0 Å². The Bertz CT molecular complexity index is 766. The topological polar surface area (TPSA) is 38.8 Å². The Labute approximate surface area is 144 Å². The van der Waals surface area contributed by atoms with Crippen LogP contribution in [-0.4, -0.2) is 30.6 Å². The maximum Gasteiger partial charge on any atom is 0.255 e. The van der Waals surface area contributed by atoms with Gasteiger partial charge in [-0.05, 0) is 31.2 Å². The van der Waals surface area contributed by atoms with Crippen LogP contribution in [0.15, 0.2) is 36.4 Å². The lowest BCUT2D eigenvalue weighted by molar-refractivity contribution is 0.0749. The van der Waals surface area contributed by atoms with Crippen molar-refractivity contribution in [2.45, 2.75) is 13.5 Å². The molecule has 0 saturated carbocycles. The normalized spacial score (nSPS) is 12.8. The number of carbonyl (C=O) groups excluding carboxylic acids is 1. The number of ether oxygens (including phenoxy) is 2. The van der Waals surface area contributed by atoms with Gasteiger partial charge >= 0.3 is 0 Å². The number of hydrogen-bond donors (Lipinski definition) is 0. The lowest BCUT2D eigenvalue weighted by Crippen LogP contribution is -2.31. The van der Waals surface area contributed by atoms with E-state index in [0.717, 1.165) is 11.6 Å². The minimum Gasteiger partial charge on any atom is -0.486 e. The minimum atomic E-state index is -0.470. The summed E-state index contributed by atoms with van der Waals surface area (Å²) in [6.07, 6.45) is 0. The molecule has 1 aliphatic rings. The van der Waals surface area contributed by atoms with Crippen molar-refractivity contribution in [1.82, 2.24) is 4.90 Å². The summed E-state index contributed by atoms with van der Waals surface area (Å²) in [5.41, 5.74) is 1.14. The van der Waals surface area contributed by atoms with E-state index in [-0.39, 0.29) is 16.5 Å². The second-order valence-corrected chi connectivity index (χ2v) is 5.79. The molecule has 0 aliphatic carbocycles. The molecule has 3 rings (SSSR count). The van der Waals surface area contributed by atoms with Crippen LogP contribution in [0.3, 0.4) is 0 Å². The first-order valence-electron chi connectivity index (χ1n) is 7.72. The lowest BCUT2D eigenvalue weighted by atomic mass is 10.1. The van der Waals surface area contributed by atoms with Crippen LogP contribution in [0.4, 0.5) is 4.39 Å². The Morgan fingerprint density at radius 2 is 2.04 bits per heavy atom. The predicted molar refractivity (Wildman–Crippen MR) is 89.3 cm³/mol. The van der Waals surface area contributed by atoms with Crippen molar-refractivity contribution in [3.05, 3.63) is 58.4 Å². The number of nitrogens with zero attached hydrogens (tertiary/aromatic N) is 1. The fourth-order valence-corrected chi connectivity index (χ4v) is 2.87. The summed E-state index contributed by atoms with van der Waals surface area (Å²) in [5.74, 6) is 0.626. The first kappa shape index (κ1) is 16.6. The molecule has 4 nitrogen and oxygen atoms in total. The van der Waals surface area contributed by atoms with E-state index in [1.807, 2.05) is 25.1 Å². The number of hydrogen-bond acceptors (Lipinski definition) is 3. The van der Waals surface area contributed by atoms with E-state index in [1.165, 1.54) is 12.1 Å². The van der Waals surface area contributed by atoms with Gasteiger partial charge in [0.05, 0.1) is 10.6 Å². The Hall–Kier alpha value is -2.27. The van der Waals surface area contributed by atoms with Crippen molar-refractivity contribution >= 4 is 17.5 Å². The number of para-hydroxylation sites is 1. The van der Waals surface area contributed by atoms with Crippen LogP contribution in [0.1, 0.15) is 22.8 Å². The molecule has 0 N–H and O–H groups in total. The molecular weight excluding hydrogens is 333 g/mol. The van der Waals surface area contributed by atoms with Gasteiger partial charge in [0.15, 0.2) is 11.5 Å². The summed E-state index contributed by atoms with van der Waals surface area (Å²) in [4.78, 5) is 14.4. The molecule has 0 atom stereocenters. The second-order valence-electron chi connectivity index (χ2n) is 5.38. The fraction of sp³-hybridized carbons (Fsp3) is 0.278. The van der Waals surface area contributed by atoms with Gasteiger partial charge in [0.25, 0.3) is 5.91 Å². The molecule has 0 unspecified atom stereocenters. The number of amides is 1. The van der Waals surface area contributed by atoms with Gasteiger partial charge in [-0.15, -0.1) is 0 Å². The van der Waals surface area contributed by atoms with Gasteiger partial charge in [-0.1, -0.05) is 23.7 Å². The maximum absolute atomic E-state index is 13.2. The number of fused-ring (bicyclic) bond motifs is 1. The molecule has 0 saturated heterocycles. The SMILES string of the molecule is CCN(Cc1cccc2c1OCCO2)C(=O)c1ccc(F)cc1Cl. The molecule has 0 fully saturated rings. The first-order valence-corrected chi connectivity index (χ1v) is 8.09. The van der Waals surface area contributed by atoms with Crippen LogP contribution in [0.25, 0.3) is 0 Å². The molecule has 0 spiro atoms. The average Bonchev–Trinajstić information content (AvgIpc) is 2.59. The highest BCUT2D eigenvalue weighted by Crippen LogP contribution is 2.34. The Kier molecular flexibility index (Phi) is 4.90. The van der Waals surface area contributed by atoms with Crippen molar-refractivity contribution in [3.8, 4) is 11.5 Å². The monoisotopic (exact) mass is 349 g/mol. The van der Waals surface area contributed by atoms with Crippen molar-refractivity contribution in [2.24, 2.45) is 0 Å². The minimum absolute atomic E-state index is 0.105. The Morgan fingerprint density at radius 3 is 2.79 bits per heavy atom. The zero-order chi connectivity index (χ0) is 17.1. The molecule has 0 aromatic heterocycles. The van der Waals surface area contributed by atoms with E-state index in [1.54, 1.807) is 4.90 Å². The first-order chi connectivity index (χ1) is 11.6. The third-order valence-corrected chi connectivity index (χ3v) is 4.15. The summed E-state index contributed by atoms with van der Waals surface area (Å²) < 4.78 is 24.4.